The van der Waals surface area contributed by atoms with E-state index in [1.54, 1.807) is 5.20 Å². The lowest BCUT2D eigenvalue weighted by Gasteiger charge is -2.32. The largest absolute Gasteiger partial charge is 0.461 e. The highest BCUT2D eigenvalue weighted by Crippen LogP contribution is 2.38. The maximum Gasteiger partial charge on any atom is 0.461 e. The van der Waals surface area contributed by atoms with Crippen LogP contribution in [-0.2, 0) is 15.7 Å². The van der Waals surface area contributed by atoms with Crippen LogP contribution in [0.15, 0.2) is 41.6 Å². The van der Waals surface area contributed by atoms with Crippen molar-refractivity contribution in [3.8, 4) is 0 Å². The maximum absolute atomic E-state index is 6.13. The summed E-state index contributed by atoms with van der Waals surface area (Å²) in [5, 5.41) is 1.57. The summed E-state index contributed by atoms with van der Waals surface area (Å²) in [5.41, 5.74) is 0.893. The molecule has 0 aliphatic carbocycles. The van der Waals surface area contributed by atoms with Crippen LogP contribution in [0.2, 0.25) is 26.0 Å². The molecule has 4 heteroatoms. The molecule has 0 N–H and O–H groups in total. The molecule has 2 nitrogen and oxygen atoms in total. The van der Waals surface area contributed by atoms with Crippen LogP contribution in [0, 0.1) is 0 Å². The number of hydrogen-bond donors (Lipinski definition) is 0. The van der Waals surface area contributed by atoms with Crippen molar-refractivity contribution in [2.24, 2.45) is 0 Å². The van der Waals surface area contributed by atoms with Crippen molar-refractivity contribution >= 4 is 15.2 Å². The van der Waals surface area contributed by atoms with Gasteiger partial charge in [0.15, 0.2) is 0 Å². The standard InChI is InChI=1S/C19H31BO2Si/c1-18(2)19(3,4)22-20(21-18)14-13-17(23(5,6)7)15-16-11-9-8-10-12-16/h8-13H,14-15H2,1-7H3/b17-13-. The Morgan fingerprint density at radius 2 is 1.52 bits per heavy atom. The maximum atomic E-state index is 6.13. The van der Waals surface area contributed by atoms with E-state index in [2.05, 4.69) is 83.7 Å². The summed E-state index contributed by atoms with van der Waals surface area (Å²) in [4.78, 5) is 0. The Labute approximate surface area is 143 Å². The monoisotopic (exact) mass is 330 g/mol. The third-order valence-corrected chi connectivity index (χ3v) is 7.37. The zero-order valence-electron chi connectivity index (χ0n) is 15.8. The van der Waals surface area contributed by atoms with Crippen LogP contribution in [0.5, 0.6) is 0 Å². The molecule has 0 spiro atoms. The van der Waals surface area contributed by atoms with Gasteiger partial charge >= 0.3 is 7.12 Å². The molecule has 1 heterocycles. The quantitative estimate of drug-likeness (QED) is 0.697. The summed E-state index contributed by atoms with van der Waals surface area (Å²) in [6.45, 7) is 15.7. The van der Waals surface area contributed by atoms with Crippen molar-refractivity contribution in [3.63, 3.8) is 0 Å². The smallest absolute Gasteiger partial charge is 0.403 e. The van der Waals surface area contributed by atoms with Crippen LogP contribution in [0.3, 0.4) is 0 Å². The van der Waals surface area contributed by atoms with Gasteiger partial charge in [-0.05, 0) is 39.7 Å². The lowest BCUT2D eigenvalue weighted by molar-refractivity contribution is 0.00578. The lowest BCUT2D eigenvalue weighted by Crippen LogP contribution is -2.41. The van der Waals surface area contributed by atoms with Crippen LogP contribution in [0.1, 0.15) is 33.3 Å². The van der Waals surface area contributed by atoms with E-state index < -0.39 is 8.07 Å². The second kappa shape index (κ2) is 6.58. The molecular weight excluding hydrogens is 299 g/mol. The molecule has 1 fully saturated rings. The van der Waals surface area contributed by atoms with Crippen LogP contribution in [0.4, 0.5) is 0 Å². The van der Waals surface area contributed by atoms with Crippen molar-refractivity contribution in [3.05, 3.63) is 47.2 Å². The summed E-state index contributed by atoms with van der Waals surface area (Å²) in [6, 6.07) is 10.7. The fourth-order valence-electron chi connectivity index (χ4n) is 2.76. The molecule has 23 heavy (non-hydrogen) atoms. The molecule has 1 saturated heterocycles. The van der Waals surface area contributed by atoms with E-state index in [1.807, 2.05) is 0 Å². The molecule has 1 aromatic rings. The van der Waals surface area contributed by atoms with Gasteiger partial charge in [0.25, 0.3) is 0 Å². The van der Waals surface area contributed by atoms with Crippen molar-refractivity contribution in [1.29, 1.82) is 0 Å². The van der Waals surface area contributed by atoms with Crippen molar-refractivity contribution in [1.82, 2.24) is 0 Å². The first-order valence-corrected chi connectivity index (χ1v) is 12.1. The fourth-order valence-corrected chi connectivity index (χ4v) is 4.22. The molecule has 1 aliphatic rings. The van der Waals surface area contributed by atoms with Gasteiger partial charge < -0.3 is 9.31 Å². The van der Waals surface area contributed by atoms with Gasteiger partial charge in [0, 0.05) is 6.32 Å². The number of allylic oxidation sites excluding steroid dienone is 2. The lowest BCUT2D eigenvalue weighted by atomic mass is 9.84. The molecule has 1 aliphatic heterocycles. The Kier molecular flexibility index (Phi) is 5.29. The normalized spacial score (nSPS) is 20.8. The van der Waals surface area contributed by atoms with Crippen LogP contribution >= 0.6 is 0 Å². The van der Waals surface area contributed by atoms with Gasteiger partial charge in [0.1, 0.15) is 0 Å². The zero-order chi connectivity index (χ0) is 17.3. The second-order valence-electron chi connectivity index (χ2n) is 8.56. The van der Waals surface area contributed by atoms with Crippen molar-refractivity contribution < 1.29 is 9.31 Å². The minimum Gasteiger partial charge on any atom is -0.403 e. The second-order valence-corrected chi connectivity index (χ2v) is 13.7. The fraction of sp³-hybridized carbons (Fsp3) is 0.579. The third-order valence-electron chi connectivity index (χ3n) is 5.06. The summed E-state index contributed by atoms with van der Waals surface area (Å²) in [7, 11) is -1.50. The predicted molar refractivity (Wildman–Crippen MR) is 102 cm³/mol. The Morgan fingerprint density at radius 3 is 2.00 bits per heavy atom. The molecule has 126 valence electrons. The van der Waals surface area contributed by atoms with E-state index in [4.69, 9.17) is 9.31 Å². The van der Waals surface area contributed by atoms with E-state index in [1.165, 1.54) is 5.56 Å². The average molecular weight is 330 g/mol. The van der Waals surface area contributed by atoms with Gasteiger partial charge in [-0.25, -0.2) is 0 Å². The molecule has 0 bridgehead atoms. The third kappa shape index (κ3) is 4.59. The van der Waals surface area contributed by atoms with Gasteiger partial charge in [-0.1, -0.05) is 61.2 Å². The minimum absolute atomic E-state index is 0.137. The topological polar surface area (TPSA) is 18.5 Å². The van der Waals surface area contributed by atoms with Gasteiger partial charge in [-0.3, -0.25) is 0 Å². The highest BCUT2D eigenvalue weighted by molar-refractivity contribution is 6.83. The number of benzene rings is 1. The SMILES string of the molecule is CC1(C)OB(C/C=C(/Cc2ccccc2)[Si](C)(C)C)OC1(C)C. The molecule has 0 atom stereocenters. The summed E-state index contributed by atoms with van der Waals surface area (Å²) < 4.78 is 12.3. The first-order valence-electron chi connectivity index (χ1n) is 8.60. The highest BCUT2D eigenvalue weighted by atomic mass is 28.3. The summed E-state index contributed by atoms with van der Waals surface area (Å²) in [6.07, 6.45) is 4.25. The minimum atomic E-state index is -1.36. The Morgan fingerprint density at radius 1 is 1.00 bits per heavy atom. The number of hydrogen-bond acceptors (Lipinski definition) is 2. The molecular formula is C19H31BO2Si. The van der Waals surface area contributed by atoms with E-state index in [-0.39, 0.29) is 18.3 Å². The zero-order valence-corrected chi connectivity index (χ0v) is 16.8. The van der Waals surface area contributed by atoms with E-state index in [9.17, 15) is 0 Å². The predicted octanol–water partition coefficient (Wildman–Crippen LogP) is 5.13. The molecule has 0 saturated carbocycles. The molecule has 0 aromatic heterocycles. The van der Waals surface area contributed by atoms with Crippen LogP contribution in [-0.4, -0.2) is 26.4 Å². The molecule has 0 radical (unpaired) electrons. The molecule has 2 rings (SSSR count). The van der Waals surface area contributed by atoms with Crippen molar-refractivity contribution in [2.75, 3.05) is 0 Å². The van der Waals surface area contributed by atoms with E-state index >= 15 is 0 Å². The van der Waals surface area contributed by atoms with E-state index in [0.717, 1.165) is 12.7 Å². The molecule has 0 unspecified atom stereocenters. The first kappa shape index (κ1) is 18.5. The van der Waals surface area contributed by atoms with Gasteiger partial charge in [-0.2, -0.15) is 0 Å². The molecule has 1 aromatic carbocycles. The van der Waals surface area contributed by atoms with Crippen LogP contribution in [0.25, 0.3) is 0 Å². The van der Waals surface area contributed by atoms with Gasteiger partial charge in [-0.15, -0.1) is 0 Å². The molecule has 0 amide bonds. The first-order chi connectivity index (χ1) is 10.5. The summed E-state index contributed by atoms with van der Waals surface area (Å²) >= 11 is 0. The van der Waals surface area contributed by atoms with E-state index in [0.29, 0.717) is 0 Å². The number of rotatable bonds is 5. The highest BCUT2D eigenvalue weighted by Gasteiger charge is 2.50. The van der Waals surface area contributed by atoms with Crippen molar-refractivity contribution in [2.45, 2.75) is 71.3 Å². The van der Waals surface area contributed by atoms with Gasteiger partial charge in [0.2, 0.25) is 0 Å². The Balaban J connectivity index is 2.10. The van der Waals surface area contributed by atoms with Gasteiger partial charge in [0.05, 0.1) is 19.3 Å². The summed E-state index contributed by atoms with van der Waals surface area (Å²) in [5.74, 6) is 0. The Hall–Kier alpha value is -0.838. The van der Waals surface area contributed by atoms with Crippen LogP contribution < -0.4 is 0 Å². The average Bonchev–Trinajstić information content (AvgIpc) is 2.62. The Bertz CT molecular complexity index is 542.